The van der Waals surface area contributed by atoms with Crippen LogP contribution >= 0.6 is 0 Å². The smallest absolute Gasteiger partial charge is 0.239 e. The Labute approximate surface area is 84.7 Å². The third kappa shape index (κ3) is 4.33. The Kier molecular flexibility index (Phi) is 5.33. The van der Waals surface area contributed by atoms with Gasteiger partial charge in [-0.3, -0.25) is 0 Å². The average molecular weight is 206 g/mol. The second-order valence-corrected chi connectivity index (χ2v) is 4.02. The maximum Gasteiger partial charge on any atom is 0.239 e. The molecule has 14 heavy (non-hydrogen) atoms. The minimum absolute atomic E-state index is 0.0245. The molecule has 0 unspecified atom stereocenters. The summed E-state index contributed by atoms with van der Waals surface area (Å²) in [4.78, 5) is 2.15. The molecule has 0 atom stereocenters. The first-order chi connectivity index (χ1) is 6.72. The normalized spacial score (nSPS) is 20.6. The van der Waals surface area contributed by atoms with Crippen LogP contribution in [-0.4, -0.2) is 44.6 Å². The quantitative estimate of drug-likeness (QED) is 0.734. The standard InChI is InChI=1S/C10H20F2N2/c1-13-8-9-2-5-14(6-3-9)7-4-10(11)12/h9-10,13H,2-8H2,1H3. The summed E-state index contributed by atoms with van der Waals surface area (Å²) in [5.74, 6) is 0.739. The molecule has 1 fully saturated rings. The van der Waals surface area contributed by atoms with Crippen molar-refractivity contribution in [3.63, 3.8) is 0 Å². The number of alkyl halides is 2. The van der Waals surface area contributed by atoms with E-state index in [1.165, 1.54) is 0 Å². The summed E-state index contributed by atoms with van der Waals surface area (Å²) in [7, 11) is 1.96. The number of piperidine rings is 1. The van der Waals surface area contributed by atoms with E-state index in [-0.39, 0.29) is 6.42 Å². The fraction of sp³-hybridized carbons (Fsp3) is 1.00. The number of nitrogens with one attached hydrogen (secondary N) is 1. The number of hydrogen-bond donors (Lipinski definition) is 1. The van der Waals surface area contributed by atoms with Gasteiger partial charge >= 0.3 is 0 Å². The molecular formula is C10H20F2N2. The van der Waals surface area contributed by atoms with Gasteiger partial charge in [-0.25, -0.2) is 8.78 Å². The summed E-state index contributed by atoms with van der Waals surface area (Å²) < 4.78 is 23.9. The van der Waals surface area contributed by atoms with E-state index in [2.05, 4.69) is 10.2 Å². The number of hydrogen-bond acceptors (Lipinski definition) is 2. The first kappa shape index (κ1) is 11.9. The van der Waals surface area contributed by atoms with Crippen molar-refractivity contribution in [3.8, 4) is 0 Å². The van der Waals surface area contributed by atoms with Crippen LogP contribution < -0.4 is 5.32 Å². The van der Waals surface area contributed by atoms with E-state index in [0.29, 0.717) is 6.54 Å². The molecule has 1 N–H and O–H groups in total. The molecule has 2 nitrogen and oxygen atoms in total. The molecule has 1 saturated heterocycles. The van der Waals surface area contributed by atoms with Crippen LogP contribution in [0, 0.1) is 5.92 Å². The topological polar surface area (TPSA) is 15.3 Å². The van der Waals surface area contributed by atoms with Gasteiger partial charge in [-0.1, -0.05) is 0 Å². The number of halogens is 2. The first-order valence-corrected chi connectivity index (χ1v) is 5.37. The highest BCUT2D eigenvalue weighted by molar-refractivity contribution is 4.73. The zero-order valence-electron chi connectivity index (χ0n) is 8.81. The summed E-state index contributed by atoms with van der Waals surface area (Å²) in [5.41, 5.74) is 0. The Hall–Kier alpha value is -0.220. The number of nitrogens with zero attached hydrogens (tertiary/aromatic N) is 1. The van der Waals surface area contributed by atoms with Gasteiger partial charge in [0.25, 0.3) is 0 Å². The van der Waals surface area contributed by atoms with Gasteiger partial charge < -0.3 is 10.2 Å². The molecule has 0 spiro atoms. The number of likely N-dealkylation sites (tertiary alicyclic amines) is 1. The van der Waals surface area contributed by atoms with E-state index in [1.54, 1.807) is 0 Å². The first-order valence-electron chi connectivity index (χ1n) is 5.37. The fourth-order valence-electron chi connectivity index (χ4n) is 1.98. The maximum absolute atomic E-state index is 12.0. The Morgan fingerprint density at radius 2 is 2.00 bits per heavy atom. The van der Waals surface area contributed by atoms with Gasteiger partial charge in [-0.05, 0) is 45.4 Å². The minimum Gasteiger partial charge on any atom is -0.319 e. The van der Waals surface area contributed by atoms with Gasteiger partial charge in [0.05, 0.1) is 0 Å². The van der Waals surface area contributed by atoms with Crippen LogP contribution in [0.2, 0.25) is 0 Å². The van der Waals surface area contributed by atoms with E-state index in [9.17, 15) is 8.78 Å². The molecule has 4 heteroatoms. The highest BCUT2D eigenvalue weighted by Crippen LogP contribution is 2.16. The van der Waals surface area contributed by atoms with E-state index in [0.717, 1.165) is 38.4 Å². The Morgan fingerprint density at radius 1 is 1.36 bits per heavy atom. The van der Waals surface area contributed by atoms with Crippen LogP contribution in [-0.2, 0) is 0 Å². The van der Waals surface area contributed by atoms with Crippen molar-refractivity contribution in [3.05, 3.63) is 0 Å². The van der Waals surface area contributed by atoms with Crippen molar-refractivity contribution in [2.75, 3.05) is 33.2 Å². The highest BCUT2D eigenvalue weighted by Gasteiger charge is 2.18. The third-order valence-corrected chi connectivity index (χ3v) is 2.86. The Bertz CT molecular complexity index is 145. The average Bonchev–Trinajstić information content (AvgIpc) is 2.17. The third-order valence-electron chi connectivity index (χ3n) is 2.86. The van der Waals surface area contributed by atoms with Crippen LogP contribution in [0.4, 0.5) is 8.78 Å². The van der Waals surface area contributed by atoms with E-state index >= 15 is 0 Å². The van der Waals surface area contributed by atoms with Crippen LogP contribution in [0.25, 0.3) is 0 Å². The van der Waals surface area contributed by atoms with Gasteiger partial charge in [0.15, 0.2) is 0 Å². The summed E-state index contributed by atoms with van der Waals surface area (Å²) >= 11 is 0. The molecule has 0 aromatic rings. The van der Waals surface area contributed by atoms with E-state index < -0.39 is 6.43 Å². The molecule has 0 saturated carbocycles. The van der Waals surface area contributed by atoms with Gasteiger partial charge in [-0.15, -0.1) is 0 Å². The van der Waals surface area contributed by atoms with Gasteiger partial charge in [-0.2, -0.15) is 0 Å². The fourth-order valence-corrected chi connectivity index (χ4v) is 1.98. The largest absolute Gasteiger partial charge is 0.319 e. The molecule has 1 aliphatic heterocycles. The van der Waals surface area contributed by atoms with E-state index in [1.807, 2.05) is 7.05 Å². The summed E-state index contributed by atoms with van der Waals surface area (Å²) in [6.07, 6.45) is 0.162. The van der Waals surface area contributed by atoms with Crippen molar-refractivity contribution < 1.29 is 8.78 Å². The molecule has 0 bridgehead atoms. The van der Waals surface area contributed by atoms with Gasteiger partial charge in [0.2, 0.25) is 6.43 Å². The lowest BCUT2D eigenvalue weighted by atomic mass is 9.97. The number of rotatable bonds is 5. The van der Waals surface area contributed by atoms with Crippen LogP contribution in [0.1, 0.15) is 19.3 Å². The van der Waals surface area contributed by atoms with Crippen molar-refractivity contribution in [1.82, 2.24) is 10.2 Å². The highest BCUT2D eigenvalue weighted by atomic mass is 19.3. The maximum atomic E-state index is 12.0. The Balaban J connectivity index is 2.09. The van der Waals surface area contributed by atoms with Crippen molar-refractivity contribution >= 4 is 0 Å². The minimum atomic E-state index is -2.15. The lowest BCUT2D eigenvalue weighted by molar-refractivity contribution is 0.103. The van der Waals surface area contributed by atoms with Gasteiger partial charge in [0, 0.05) is 13.0 Å². The molecular weight excluding hydrogens is 186 g/mol. The summed E-state index contributed by atoms with van der Waals surface area (Å²) in [6, 6.07) is 0. The second-order valence-electron chi connectivity index (χ2n) is 4.02. The summed E-state index contributed by atoms with van der Waals surface area (Å²) in [6.45, 7) is 3.59. The van der Waals surface area contributed by atoms with Crippen LogP contribution in [0.3, 0.4) is 0 Å². The molecule has 0 aliphatic carbocycles. The Morgan fingerprint density at radius 3 is 2.50 bits per heavy atom. The summed E-state index contributed by atoms with van der Waals surface area (Å²) in [5, 5.41) is 3.16. The predicted molar refractivity (Wildman–Crippen MR) is 53.7 cm³/mol. The lowest BCUT2D eigenvalue weighted by Gasteiger charge is -2.31. The van der Waals surface area contributed by atoms with Crippen molar-refractivity contribution in [2.45, 2.75) is 25.7 Å². The van der Waals surface area contributed by atoms with Crippen molar-refractivity contribution in [1.29, 1.82) is 0 Å². The lowest BCUT2D eigenvalue weighted by Crippen LogP contribution is -2.37. The molecule has 0 radical (unpaired) electrons. The van der Waals surface area contributed by atoms with Crippen molar-refractivity contribution in [2.24, 2.45) is 5.92 Å². The van der Waals surface area contributed by atoms with E-state index in [4.69, 9.17) is 0 Å². The molecule has 0 aromatic heterocycles. The monoisotopic (exact) mass is 206 g/mol. The SMILES string of the molecule is CNCC1CCN(CCC(F)F)CC1. The molecule has 0 aromatic carbocycles. The van der Waals surface area contributed by atoms with Crippen LogP contribution in [0.5, 0.6) is 0 Å². The molecule has 1 aliphatic rings. The molecule has 84 valence electrons. The van der Waals surface area contributed by atoms with Crippen LogP contribution in [0.15, 0.2) is 0 Å². The second kappa shape index (κ2) is 6.30. The van der Waals surface area contributed by atoms with Gasteiger partial charge in [0.1, 0.15) is 0 Å². The molecule has 0 amide bonds. The zero-order chi connectivity index (χ0) is 10.4. The molecule has 1 heterocycles. The molecule has 1 rings (SSSR count). The zero-order valence-corrected chi connectivity index (χ0v) is 8.81. The predicted octanol–water partition coefficient (Wildman–Crippen LogP) is 1.57.